The number of nitrogens with two attached hydrogens (primary N) is 1. The molecule has 1 aromatic carbocycles. The van der Waals surface area contributed by atoms with Gasteiger partial charge in [0.1, 0.15) is 0 Å². The van der Waals surface area contributed by atoms with Gasteiger partial charge in [-0.1, -0.05) is 20.8 Å². The molecule has 0 saturated carbocycles. The Morgan fingerprint density at radius 1 is 1.42 bits per heavy atom. The van der Waals surface area contributed by atoms with Crippen LogP contribution < -0.4 is 11.1 Å². The highest BCUT2D eigenvalue weighted by Crippen LogP contribution is 2.26. The fraction of sp³-hybridized carbons (Fsp3) is 0.533. The van der Waals surface area contributed by atoms with Crippen molar-refractivity contribution in [2.75, 3.05) is 17.7 Å². The number of carbonyl (C=O) groups is 1. The lowest BCUT2D eigenvalue weighted by atomic mass is 9.88. The minimum absolute atomic E-state index is 0.131. The van der Waals surface area contributed by atoms with Gasteiger partial charge in [0, 0.05) is 6.04 Å². The number of hydrogen-bond acceptors (Lipinski definition) is 4. The number of rotatable bonds is 4. The summed E-state index contributed by atoms with van der Waals surface area (Å²) in [5.41, 5.74) is 7.99. The highest BCUT2D eigenvalue weighted by atomic mass is 16.5. The molecule has 0 radical (unpaired) electrons. The summed E-state index contributed by atoms with van der Waals surface area (Å²) in [7, 11) is 0. The first kappa shape index (κ1) is 15.3. The minimum atomic E-state index is -0.343. The predicted octanol–water partition coefficient (Wildman–Crippen LogP) is 3.29. The molecule has 1 aromatic rings. The number of benzene rings is 1. The molecule has 4 nitrogen and oxygen atoms in total. The predicted molar refractivity (Wildman–Crippen MR) is 79.4 cm³/mol. The topological polar surface area (TPSA) is 64.3 Å². The number of nitrogen functional groups attached to an aromatic ring is 1. The van der Waals surface area contributed by atoms with Crippen molar-refractivity contribution in [2.24, 2.45) is 5.41 Å². The molecular formula is C15H24N2O2. The van der Waals surface area contributed by atoms with Crippen LogP contribution in [0, 0.1) is 5.41 Å². The van der Waals surface area contributed by atoms with Crippen LogP contribution in [0.1, 0.15) is 45.0 Å². The zero-order valence-electron chi connectivity index (χ0n) is 12.4. The Labute approximate surface area is 115 Å². The fourth-order valence-electron chi connectivity index (χ4n) is 1.49. The van der Waals surface area contributed by atoms with Crippen molar-refractivity contribution in [3.63, 3.8) is 0 Å². The molecule has 0 bridgehead atoms. The lowest BCUT2D eigenvalue weighted by Crippen LogP contribution is -2.31. The fourth-order valence-corrected chi connectivity index (χ4v) is 1.49. The van der Waals surface area contributed by atoms with Gasteiger partial charge in [0.25, 0.3) is 0 Å². The number of nitrogens with one attached hydrogen (secondary N) is 1. The van der Waals surface area contributed by atoms with Gasteiger partial charge in [0.05, 0.1) is 23.5 Å². The zero-order valence-corrected chi connectivity index (χ0v) is 12.4. The van der Waals surface area contributed by atoms with Crippen molar-refractivity contribution < 1.29 is 9.53 Å². The summed E-state index contributed by atoms with van der Waals surface area (Å²) >= 11 is 0. The molecule has 1 atom stereocenters. The average Bonchev–Trinajstić information content (AvgIpc) is 2.30. The van der Waals surface area contributed by atoms with E-state index in [1.807, 2.05) is 6.07 Å². The quantitative estimate of drug-likeness (QED) is 0.647. The molecule has 0 aromatic heterocycles. The molecule has 1 rings (SSSR count). The van der Waals surface area contributed by atoms with Crippen molar-refractivity contribution in [3.8, 4) is 0 Å². The molecule has 0 amide bonds. The van der Waals surface area contributed by atoms with Crippen molar-refractivity contribution >= 4 is 17.3 Å². The van der Waals surface area contributed by atoms with Crippen LogP contribution in [0.15, 0.2) is 18.2 Å². The van der Waals surface area contributed by atoms with E-state index in [4.69, 9.17) is 10.5 Å². The Kier molecular flexibility index (Phi) is 4.81. The van der Waals surface area contributed by atoms with E-state index in [2.05, 4.69) is 33.0 Å². The highest BCUT2D eigenvalue weighted by molar-refractivity contribution is 5.91. The second-order valence-corrected chi connectivity index (χ2v) is 5.75. The van der Waals surface area contributed by atoms with Gasteiger partial charge in [0.2, 0.25) is 0 Å². The second kappa shape index (κ2) is 5.95. The van der Waals surface area contributed by atoms with Gasteiger partial charge in [-0.3, -0.25) is 0 Å². The lowest BCUT2D eigenvalue weighted by Gasteiger charge is -2.29. The first-order chi connectivity index (χ1) is 8.75. The molecule has 0 heterocycles. The van der Waals surface area contributed by atoms with E-state index < -0.39 is 0 Å². The van der Waals surface area contributed by atoms with Crippen LogP contribution in [0.2, 0.25) is 0 Å². The van der Waals surface area contributed by atoms with Gasteiger partial charge in [-0.2, -0.15) is 0 Å². The van der Waals surface area contributed by atoms with Crippen LogP contribution in [0.25, 0.3) is 0 Å². The van der Waals surface area contributed by atoms with Gasteiger partial charge in [0.15, 0.2) is 0 Å². The summed E-state index contributed by atoms with van der Waals surface area (Å²) in [6.07, 6.45) is 0. The first-order valence-electron chi connectivity index (χ1n) is 6.59. The molecule has 0 aliphatic rings. The third-order valence-electron chi connectivity index (χ3n) is 3.23. The van der Waals surface area contributed by atoms with Crippen molar-refractivity contribution in [3.05, 3.63) is 23.8 Å². The normalized spacial score (nSPS) is 12.9. The smallest absolute Gasteiger partial charge is 0.338 e. The van der Waals surface area contributed by atoms with Gasteiger partial charge in [-0.15, -0.1) is 0 Å². The first-order valence-corrected chi connectivity index (χ1v) is 6.59. The summed E-state index contributed by atoms with van der Waals surface area (Å²) in [5.74, 6) is -0.343. The van der Waals surface area contributed by atoms with E-state index >= 15 is 0 Å². The van der Waals surface area contributed by atoms with Gasteiger partial charge >= 0.3 is 5.97 Å². The molecule has 0 aliphatic carbocycles. The number of carbonyl (C=O) groups excluding carboxylic acids is 1. The number of esters is 1. The van der Waals surface area contributed by atoms with Crippen LogP contribution >= 0.6 is 0 Å². The molecule has 0 saturated heterocycles. The largest absolute Gasteiger partial charge is 0.462 e. The summed E-state index contributed by atoms with van der Waals surface area (Å²) in [4.78, 5) is 11.6. The Morgan fingerprint density at radius 2 is 2.05 bits per heavy atom. The highest BCUT2D eigenvalue weighted by Gasteiger charge is 2.20. The number of ether oxygens (including phenoxy) is 1. The maximum Gasteiger partial charge on any atom is 0.338 e. The number of anilines is 2. The Balaban J connectivity index is 2.86. The molecule has 0 fully saturated rings. The monoisotopic (exact) mass is 264 g/mol. The van der Waals surface area contributed by atoms with E-state index in [1.165, 1.54) is 0 Å². The third kappa shape index (κ3) is 4.16. The van der Waals surface area contributed by atoms with Crippen LogP contribution in [0.4, 0.5) is 11.4 Å². The van der Waals surface area contributed by atoms with Crippen LogP contribution in [-0.2, 0) is 4.74 Å². The molecule has 1 unspecified atom stereocenters. The molecule has 3 N–H and O–H groups in total. The zero-order chi connectivity index (χ0) is 14.6. The van der Waals surface area contributed by atoms with Gasteiger partial charge in [-0.25, -0.2) is 4.79 Å². The van der Waals surface area contributed by atoms with E-state index in [0.29, 0.717) is 17.9 Å². The Morgan fingerprint density at radius 3 is 2.53 bits per heavy atom. The number of hydrogen-bond donors (Lipinski definition) is 2. The van der Waals surface area contributed by atoms with E-state index in [9.17, 15) is 4.79 Å². The van der Waals surface area contributed by atoms with E-state index in [1.54, 1.807) is 19.1 Å². The van der Waals surface area contributed by atoms with Crippen molar-refractivity contribution in [1.29, 1.82) is 0 Å². The van der Waals surface area contributed by atoms with Crippen LogP contribution in [0.5, 0.6) is 0 Å². The second-order valence-electron chi connectivity index (χ2n) is 5.75. The summed E-state index contributed by atoms with van der Waals surface area (Å²) in [6, 6.07) is 5.47. The maximum atomic E-state index is 11.6. The average molecular weight is 264 g/mol. The summed E-state index contributed by atoms with van der Waals surface area (Å²) < 4.78 is 4.94. The molecule has 4 heteroatoms. The molecule has 0 aliphatic heterocycles. The molecule has 0 spiro atoms. The van der Waals surface area contributed by atoms with E-state index in [-0.39, 0.29) is 17.4 Å². The molecule has 19 heavy (non-hydrogen) atoms. The summed E-state index contributed by atoms with van der Waals surface area (Å²) in [6.45, 7) is 10.7. The maximum absolute atomic E-state index is 11.6. The summed E-state index contributed by atoms with van der Waals surface area (Å²) in [5, 5.41) is 3.37. The van der Waals surface area contributed by atoms with Crippen molar-refractivity contribution in [2.45, 2.75) is 40.7 Å². The Bertz CT molecular complexity index is 450. The van der Waals surface area contributed by atoms with Gasteiger partial charge in [-0.05, 0) is 37.5 Å². The third-order valence-corrected chi connectivity index (χ3v) is 3.23. The van der Waals surface area contributed by atoms with Crippen LogP contribution in [0.3, 0.4) is 0 Å². The molecular weight excluding hydrogens is 240 g/mol. The molecule has 106 valence electrons. The van der Waals surface area contributed by atoms with Crippen molar-refractivity contribution in [1.82, 2.24) is 0 Å². The standard InChI is InChI=1S/C15H24N2O2/c1-6-19-14(18)11-7-8-13(12(16)9-11)17-10(2)15(3,4)5/h7-10,17H,6,16H2,1-5H3. The van der Waals surface area contributed by atoms with Gasteiger partial charge < -0.3 is 15.8 Å². The Hall–Kier alpha value is -1.71. The lowest BCUT2D eigenvalue weighted by molar-refractivity contribution is 0.0526. The minimum Gasteiger partial charge on any atom is -0.462 e. The van der Waals surface area contributed by atoms with Crippen LogP contribution in [-0.4, -0.2) is 18.6 Å². The SMILES string of the molecule is CCOC(=O)c1ccc(NC(C)C(C)(C)C)c(N)c1. The van der Waals surface area contributed by atoms with E-state index in [0.717, 1.165) is 5.69 Å².